The SMILES string of the molecule is O=C(Nc1ccc(CCO)cc1)C1(c2ccccc2F)CC1. The summed E-state index contributed by atoms with van der Waals surface area (Å²) in [6.07, 6.45) is 1.93. The molecule has 2 N–H and O–H groups in total. The molecule has 0 atom stereocenters. The molecule has 22 heavy (non-hydrogen) atoms. The predicted molar refractivity (Wildman–Crippen MR) is 83.2 cm³/mol. The van der Waals surface area contributed by atoms with Crippen LogP contribution < -0.4 is 5.32 Å². The van der Waals surface area contributed by atoms with Crippen LogP contribution in [0.2, 0.25) is 0 Å². The number of anilines is 1. The summed E-state index contributed by atoms with van der Waals surface area (Å²) in [6.45, 7) is 0.0993. The number of amides is 1. The van der Waals surface area contributed by atoms with E-state index < -0.39 is 5.41 Å². The maximum absolute atomic E-state index is 14.0. The lowest BCUT2D eigenvalue weighted by atomic mass is 9.94. The highest BCUT2D eigenvalue weighted by Crippen LogP contribution is 2.49. The molecule has 1 aliphatic rings. The van der Waals surface area contributed by atoms with E-state index in [9.17, 15) is 9.18 Å². The summed E-state index contributed by atoms with van der Waals surface area (Å²) in [5.74, 6) is -0.485. The summed E-state index contributed by atoms with van der Waals surface area (Å²) in [6, 6.07) is 13.8. The molecule has 3 nitrogen and oxygen atoms in total. The van der Waals surface area contributed by atoms with Gasteiger partial charge in [0.2, 0.25) is 5.91 Å². The van der Waals surface area contributed by atoms with Crippen molar-refractivity contribution in [2.24, 2.45) is 0 Å². The van der Waals surface area contributed by atoms with E-state index >= 15 is 0 Å². The second-order valence-corrected chi connectivity index (χ2v) is 5.69. The average molecular weight is 299 g/mol. The van der Waals surface area contributed by atoms with Gasteiger partial charge in [-0.05, 0) is 43.0 Å². The molecule has 0 aromatic heterocycles. The van der Waals surface area contributed by atoms with Crippen LogP contribution in [0.15, 0.2) is 48.5 Å². The van der Waals surface area contributed by atoms with Crippen molar-refractivity contribution in [1.82, 2.24) is 0 Å². The number of hydrogen-bond donors (Lipinski definition) is 2. The summed E-state index contributed by atoms with van der Waals surface area (Å²) in [4.78, 5) is 12.5. The highest BCUT2D eigenvalue weighted by atomic mass is 19.1. The fourth-order valence-corrected chi connectivity index (χ4v) is 2.73. The normalized spacial score (nSPS) is 15.4. The molecule has 4 heteroatoms. The maximum Gasteiger partial charge on any atom is 0.235 e. The lowest BCUT2D eigenvalue weighted by Gasteiger charge is -2.16. The number of rotatable bonds is 5. The first kappa shape index (κ1) is 14.7. The molecule has 0 radical (unpaired) electrons. The Kier molecular flexibility index (Phi) is 3.94. The molecule has 0 unspecified atom stereocenters. The van der Waals surface area contributed by atoms with Crippen molar-refractivity contribution in [3.05, 3.63) is 65.5 Å². The highest BCUT2D eigenvalue weighted by Gasteiger charge is 2.52. The Balaban J connectivity index is 1.76. The van der Waals surface area contributed by atoms with E-state index in [-0.39, 0.29) is 18.3 Å². The van der Waals surface area contributed by atoms with Crippen molar-refractivity contribution in [3.63, 3.8) is 0 Å². The smallest absolute Gasteiger partial charge is 0.235 e. The molecule has 0 aliphatic heterocycles. The second kappa shape index (κ2) is 5.89. The third-order valence-electron chi connectivity index (χ3n) is 4.19. The van der Waals surface area contributed by atoms with Crippen LogP contribution >= 0.6 is 0 Å². The molecule has 114 valence electrons. The Morgan fingerprint density at radius 1 is 1.14 bits per heavy atom. The van der Waals surface area contributed by atoms with E-state index in [2.05, 4.69) is 5.32 Å². The summed E-state index contributed by atoms with van der Waals surface area (Å²) < 4.78 is 14.0. The van der Waals surface area contributed by atoms with Crippen molar-refractivity contribution in [2.45, 2.75) is 24.7 Å². The van der Waals surface area contributed by atoms with Gasteiger partial charge in [-0.2, -0.15) is 0 Å². The van der Waals surface area contributed by atoms with E-state index in [0.717, 1.165) is 5.56 Å². The molecular formula is C18H18FNO2. The molecule has 1 saturated carbocycles. The van der Waals surface area contributed by atoms with E-state index in [4.69, 9.17) is 5.11 Å². The van der Waals surface area contributed by atoms with Crippen LogP contribution in [-0.4, -0.2) is 17.6 Å². The summed E-state index contributed by atoms with van der Waals surface area (Å²) >= 11 is 0. The molecule has 1 amide bonds. The van der Waals surface area contributed by atoms with Crippen molar-refractivity contribution < 1.29 is 14.3 Å². The molecule has 0 spiro atoms. The van der Waals surface area contributed by atoms with Gasteiger partial charge in [-0.3, -0.25) is 4.79 Å². The Morgan fingerprint density at radius 2 is 1.82 bits per heavy atom. The minimum absolute atomic E-state index is 0.0993. The number of hydrogen-bond acceptors (Lipinski definition) is 2. The monoisotopic (exact) mass is 299 g/mol. The molecule has 0 bridgehead atoms. The molecular weight excluding hydrogens is 281 g/mol. The Labute approximate surface area is 128 Å². The van der Waals surface area contributed by atoms with E-state index in [1.807, 2.05) is 12.1 Å². The Bertz CT molecular complexity index is 678. The van der Waals surface area contributed by atoms with E-state index in [1.165, 1.54) is 6.07 Å². The fraction of sp³-hybridized carbons (Fsp3) is 0.278. The van der Waals surface area contributed by atoms with Crippen LogP contribution in [0, 0.1) is 5.82 Å². The van der Waals surface area contributed by atoms with Gasteiger partial charge >= 0.3 is 0 Å². The number of carbonyl (C=O) groups excluding carboxylic acids is 1. The van der Waals surface area contributed by atoms with Gasteiger partial charge in [0.1, 0.15) is 5.82 Å². The van der Waals surface area contributed by atoms with Gasteiger partial charge in [0.25, 0.3) is 0 Å². The van der Waals surface area contributed by atoms with Crippen LogP contribution in [0.5, 0.6) is 0 Å². The van der Waals surface area contributed by atoms with Gasteiger partial charge in [-0.15, -0.1) is 0 Å². The number of halogens is 1. The standard InChI is InChI=1S/C18H18FNO2/c19-16-4-2-1-3-15(16)18(10-11-18)17(22)20-14-7-5-13(6-8-14)9-12-21/h1-8,21H,9-12H2,(H,20,22). The lowest BCUT2D eigenvalue weighted by Crippen LogP contribution is -2.28. The van der Waals surface area contributed by atoms with Crippen LogP contribution in [0.4, 0.5) is 10.1 Å². The molecule has 1 fully saturated rings. The molecule has 0 saturated heterocycles. The third-order valence-corrected chi connectivity index (χ3v) is 4.19. The minimum Gasteiger partial charge on any atom is -0.396 e. The van der Waals surface area contributed by atoms with Crippen molar-refractivity contribution >= 4 is 11.6 Å². The van der Waals surface area contributed by atoms with Crippen molar-refractivity contribution in [1.29, 1.82) is 0 Å². The maximum atomic E-state index is 14.0. The molecule has 1 aliphatic carbocycles. The second-order valence-electron chi connectivity index (χ2n) is 5.69. The fourth-order valence-electron chi connectivity index (χ4n) is 2.73. The van der Waals surface area contributed by atoms with E-state index in [1.54, 1.807) is 30.3 Å². The topological polar surface area (TPSA) is 49.3 Å². The largest absolute Gasteiger partial charge is 0.396 e. The molecule has 0 heterocycles. The lowest BCUT2D eigenvalue weighted by molar-refractivity contribution is -0.118. The first-order valence-electron chi connectivity index (χ1n) is 7.42. The van der Waals surface area contributed by atoms with Gasteiger partial charge in [0.15, 0.2) is 0 Å². The molecule has 3 rings (SSSR count). The van der Waals surface area contributed by atoms with Crippen LogP contribution in [0.1, 0.15) is 24.0 Å². The number of benzene rings is 2. The zero-order valence-corrected chi connectivity index (χ0v) is 12.2. The molecule has 2 aromatic carbocycles. The summed E-state index contributed by atoms with van der Waals surface area (Å²) in [7, 11) is 0. The zero-order chi connectivity index (χ0) is 15.6. The Hall–Kier alpha value is -2.20. The van der Waals surface area contributed by atoms with Crippen LogP contribution in [0.25, 0.3) is 0 Å². The summed E-state index contributed by atoms with van der Waals surface area (Å²) in [5.41, 5.74) is 1.45. The van der Waals surface area contributed by atoms with Gasteiger partial charge in [-0.25, -0.2) is 4.39 Å². The zero-order valence-electron chi connectivity index (χ0n) is 12.2. The van der Waals surface area contributed by atoms with Crippen LogP contribution in [0.3, 0.4) is 0 Å². The van der Waals surface area contributed by atoms with Crippen LogP contribution in [-0.2, 0) is 16.6 Å². The number of carbonyl (C=O) groups is 1. The van der Waals surface area contributed by atoms with Crippen molar-refractivity contribution in [3.8, 4) is 0 Å². The quantitative estimate of drug-likeness (QED) is 0.891. The third kappa shape index (κ3) is 2.74. The number of aliphatic hydroxyl groups is 1. The minimum atomic E-state index is -0.727. The van der Waals surface area contributed by atoms with E-state index in [0.29, 0.717) is 30.5 Å². The van der Waals surface area contributed by atoms with Crippen molar-refractivity contribution in [2.75, 3.05) is 11.9 Å². The van der Waals surface area contributed by atoms with Gasteiger partial charge < -0.3 is 10.4 Å². The highest BCUT2D eigenvalue weighted by molar-refractivity contribution is 6.01. The number of aliphatic hydroxyl groups excluding tert-OH is 1. The van der Waals surface area contributed by atoms with Gasteiger partial charge in [-0.1, -0.05) is 30.3 Å². The summed E-state index contributed by atoms with van der Waals surface area (Å²) in [5, 5.41) is 11.8. The van der Waals surface area contributed by atoms with Gasteiger partial charge in [0, 0.05) is 17.9 Å². The molecule has 2 aromatic rings. The average Bonchev–Trinajstić information content (AvgIpc) is 3.32. The number of nitrogens with one attached hydrogen (secondary N) is 1. The van der Waals surface area contributed by atoms with Gasteiger partial charge in [0.05, 0.1) is 5.41 Å². The first-order chi connectivity index (χ1) is 10.7. The first-order valence-corrected chi connectivity index (χ1v) is 7.42. The predicted octanol–water partition coefficient (Wildman–Crippen LogP) is 3.03. The Morgan fingerprint density at radius 3 is 2.41 bits per heavy atom.